The molecule has 112 valence electrons. The van der Waals surface area contributed by atoms with Crippen molar-refractivity contribution >= 4 is 11.3 Å². The molecule has 1 aliphatic carbocycles. The van der Waals surface area contributed by atoms with Gasteiger partial charge in [-0.1, -0.05) is 13.0 Å². The minimum Gasteiger partial charge on any atom is -0.381 e. The topological polar surface area (TPSA) is 24.5 Å². The summed E-state index contributed by atoms with van der Waals surface area (Å²) < 4.78 is 5.73. The highest BCUT2D eigenvalue weighted by Crippen LogP contribution is 2.31. The van der Waals surface area contributed by atoms with E-state index in [4.69, 9.17) is 4.74 Å². The van der Waals surface area contributed by atoms with Gasteiger partial charge in [0.05, 0.1) is 6.61 Å². The normalized spacial score (nSPS) is 27.1. The third-order valence-corrected chi connectivity index (χ3v) is 5.27. The second kappa shape index (κ2) is 7.03. The van der Waals surface area contributed by atoms with Crippen LogP contribution < -0.4 is 5.32 Å². The van der Waals surface area contributed by atoms with Crippen molar-refractivity contribution in [2.75, 3.05) is 26.3 Å². The fourth-order valence-corrected chi connectivity index (χ4v) is 3.92. The zero-order chi connectivity index (χ0) is 13.8. The molecule has 0 spiro atoms. The van der Waals surface area contributed by atoms with Gasteiger partial charge in [-0.15, -0.1) is 11.3 Å². The van der Waals surface area contributed by atoms with Gasteiger partial charge in [0, 0.05) is 42.6 Å². The van der Waals surface area contributed by atoms with E-state index in [1.165, 1.54) is 24.3 Å². The molecule has 3 rings (SSSR count). The van der Waals surface area contributed by atoms with Gasteiger partial charge in [-0.25, -0.2) is 0 Å². The van der Waals surface area contributed by atoms with E-state index >= 15 is 0 Å². The fraction of sp³-hybridized carbons (Fsp3) is 0.750. The first-order valence-corrected chi connectivity index (χ1v) is 8.82. The second-order valence-electron chi connectivity index (χ2n) is 6.03. The van der Waals surface area contributed by atoms with Crippen molar-refractivity contribution in [1.29, 1.82) is 0 Å². The molecule has 2 aliphatic rings. The molecule has 3 nitrogen and oxygen atoms in total. The van der Waals surface area contributed by atoms with E-state index in [1.807, 2.05) is 11.3 Å². The van der Waals surface area contributed by atoms with Crippen molar-refractivity contribution < 1.29 is 4.74 Å². The predicted octanol–water partition coefficient (Wildman–Crippen LogP) is 2.73. The molecule has 2 fully saturated rings. The first kappa shape index (κ1) is 14.5. The van der Waals surface area contributed by atoms with Crippen LogP contribution in [0, 0.1) is 5.92 Å². The molecule has 1 aromatic rings. The van der Waals surface area contributed by atoms with Crippen LogP contribution in [-0.4, -0.2) is 43.3 Å². The number of ether oxygens (including phenoxy) is 1. The van der Waals surface area contributed by atoms with Gasteiger partial charge in [0.15, 0.2) is 0 Å². The van der Waals surface area contributed by atoms with Crippen LogP contribution in [0.2, 0.25) is 0 Å². The highest BCUT2D eigenvalue weighted by atomic mass is 32.1. The Morgan fingerprint density at radius 1 is 1.40 bits per heavy atom. The monoisotopic (exact) mass is 294 g/mol. The molecule has 2 unspecified atom stereocenters. The average Bonchev–Trinajstić information content (AvgIpc) is 3.19. The van der Waals surface area contributed by atoms with Crippen LogP contribution in [0.5, 0.6) is 0 Å². The molecule has 1 saturated carbocycles. The second-order valence-corrected chi connectivity index (χ2v) is 7.06. The summed E-state index contributed by atoms with van der Waals surface area (Å²) in [6.07, 6.45) is 3.92. The first-order valence-electron chi connectivity index (χ1n) is 7.94. The van der Waals surface area contributed by atoms with E-state index in [-0.39, 0.29) is 0 Å². The van der Waals surface area contributed by atoms with Crippen molar-refractivity contribution in [2.45, 2.75) is 44.8 Å². The molecule has 20 heavy (non-hydrogen) atoms. The molecular weight excluding hydrogens is 268 g/mol. The standard InChI is InChI=1S/C16H26N2OS/c1-2-17-16-7-8-19-12-13(16)10-18(14-5-6-14)11-15-4-3-9-20-15/h3-4,9,13-14,16-17H,2,5-8,10-12H2,1H3. The SMILES string of the molecule is CCNC1CCOCC1CN(Cc1cccs1)C1CC1. The van der Waals surface area contributed by atoms with Crippen LogP contribution in [-0.2, 0) is 11.3 Å². The molecule has 0 radical (unpaired) electrons. The quantitative estimate of drug-likeness (QED) is 0.837. The number of rotatable bonds is 7. The lowest BCUT2D eigenvalue weighted by molar-refractivity contribution is 0.0146. The molecule has 1 aliphatic heterocycles. The van der Waals surface area contributed by atoms with E-state index in [2.05, 4.69) is 34.7 Å². The molecule has 2 heterocycles. The van der Waals surface area contributed by atoms with Gasteiger partial charge < -0.3 is 10.1 Å². The third-order valence-electron chi connectivity index (χ3n) is 4.41. The summed E-state index contributed by atoms with van der Waals surface area (Å²) in [6, 6.07) is 5.88. The fourth-order valence-electron chi connectivity index (χ4n) is 3.19. The van der Waals surface area contributed by atoms with Crippen molar-refractivity contribution in [2.24, 2.45) is 5.92 Å². The zero-order valence-electron chi connectivity index (χ0n) is 12.4. The summed E-state index contributed by atoms with van der Waals surface area (Å²) >= 11 is 1.88. The predicted molar refractivity (Wildman–Crippen MR) is 84.1 cm³/mol. The summed E-state index contributed by atoms with van der Waals surface area (Å²) in [4.78, 5) is 4.18. The minimum atomic E-state index is 0.637. The molecule has 1 saturated heterocycles. The number of hydrogen-bond donors (Lipinski definition) is 1. The highest BCUT2D eigenvalue weighted by molar-refractivity contribution is 7.09. The Hall–Kier alpha value is -0.420. The van der Waals surface area contributed by atoms with Gasteiger partial charge in [-0.05, 0) is 37.3 Å². The maximum absolute atomic E-state index is 5.73. The molecule has 2 atom stereocenters. The smallest absolute Gasteiger partial charge is 0.0521 e. The Kier molecular flexibility index (Phi) is 5.10. The first-order chi connectivity index (χ1) is 9.86. The Morgan fingerprint density at radius 2 is 2.30 bits per heavy atom. The summed E-state index contributed by atoms with van der Waals surface area (Å²) in [5, 5.41) is 5.84. The highest BCUT2D eigenvalue weighted by Gasteiger charge is 2.34. The maximum Gasteiger partial charge on any atom is 0.0521 e. The zero-order valence-corrected chi connectivity index (χ0v) is 13.2. The molecule has 0 amide bonds. The summed E-state index contributed by atoms with van der Waals surface area (Å²) in [5.74, 6) is 0.643. The Morgan fingerprint density at radius 3 is 3.00 bits per heavy atom. The van der Waals surface area contributed by atoms with Crippen LogP contribution >= 0.6 is 11.3 Å². The average molecular weight is 294 g/mol. The van der Waals surface area contributed by atoms with E-state index in [0.717, 1.165) is 38.8 Å². The van der Waals surface area contributed by atoms with Crippen molar-refractivity contribution in [1.82, 2.24) is 10.2 Å². The Bertz CT molecular complexity index is 389. The van der Waals surface area contributed by atoms with Gasteiger partial charge in [0.25, 0.3) is 0 Å². The van der Waals surface area contributed by atoms with E-state index in [9.17, 15) is 0 Å². The molecule has 0 bridgehead atoms. The van der Waals surface area contributed by atoms with E-state index in [1.54, 1.807) is 0 Å². The number of nitrogens with one attached hydrogen (secondary N) is 1. The lowest BCUT2D eigenvalue weighted by Gasteiger charge is -2.36. The van der Waals surface area contributed by atoms with Gasteiger partial charge >= 0.3 is 0 Å². The number of thiophene rings is 1. The maximum atomic E-state index is 5.73. The van der Waals surface area contributed by atoms with Crippen molar-refractivity contribution in [3.63, 3.8) is 0 Å². The van der Waals surface area contributed by atoms with Gasteiger partial charge in [-0.3, -0.25) is 4.90 Å². The van der Waals surface area contributed by atoms with Crippen molar-refractivity contribution in [3.8, 4) is 0 Å². The van der Waals surface area contributed by atoms with E-state index in [0.29, 0.717) is 12.0 Å². The molecule has 1 aromatic heterocycles. The summed E-state index contributed by atoms with van der Waals surface area (Å²) in [5.41, 5.74) is 0. The number of hydrogen-bond acceptors (Lipinski definition) is 4. The largest absolute Gasteiger partial charge is 0.381 e. The Balaban J connectivity index is 1.59. The molecule has 4 heteroatoms. The van der Waals surface area contributed by atoms with Crippen LogP contribution in [0.3, 0.4) is 0 Å². The Labute approximate surface area is 126 Å². The molecular formula is C16H26N2OS. The lowest BCUT2D eigenvalue weighted by Crippen LogP contribution is -2.48. The summed E-state index contributed by atoms with van der Waals surface area (Å²) in [7, 11) is 0. The summed E-state index contributed by atoms with van der Waals surface area (Å²) in [6.45, 7) is 7.41. The van der Waals surface area contributed by atoms with Crippen LogP contribution in [0.25, 0.3) is 0 Å². The molecule has 1 N–H and O–H groups in total. The van der Waals surface area contributed by atoms with E-state index < -0.39 is 0 Å². The van der Waals surface area contributed by atoms with Crippen LogP contribution in [0.1, 0.15) is 31.1 Å². The van der Waals surface area contributed by atoms with Crippen LogP contribution in [0.4, 0.5) is 0 Å². The lowest BCUT2D eigenvalue weighted by atomic mass is 9.95. The van der Waals surface area contributed by atoms with Crippen molar-refractivity contribution in [3.05, 3.63) is 22.4 Å². The van der Waals surface area contributed by atoms with Gasteiger partial charge in [0.2, 0.25) is 0 Å². The van der Waals surface area contributed by atoms with Gasteiger partial charge in [-0.2, -0.15) is 0 Å². The number of nitrogens with zero attached hydrogens (tertiary/aromatic N) is 1. The van der Waals surface area contributed by atoms with Gasteiger partial charge in [0.1, 0.15) is 0 Å². The molecule has 0 aromatic carbocycles. The van der Waals surface area contributed by atoms with Crippen LogP contribution in [0.15, 0.2) is 17.5 Å². The third kappa shape index (κ3) is 3.82. The minimum absolute atomic E-state index is 0.637.